The van der Waals surface area contributed by atoms with Gasteiger partial charge in [0, 0.05) is 18.6 Å². The van der Waals surface area contributed by atoms with E-state index in [2.05, 4.69) is 36.8 Å². The molecule has 76 valence electrons. The molecule has 1 aliphatic rings. The van der Waals surface area contributed by atoms with Crippen molar-refractivity contribution < 1.29 is 4.79 Å². The zero-order valence-electron chi connectivity index (χ0n) is 8.29. The summed E-state index contributed by atoms with van der Waals surface area (Å²) in [4.78, 5) is 13.3. The van der Waals surface area contributed by atoms with E-state index in [-0.39, 0.29) is 11.7 Å². The maximum atomic E-state index is 10.9. The summed E-state index contributed by atoms with van der Waals surface area (Å²) < 4.78 is 0. The van der Waals surface area contributed by atoms with E-state index in [9.17, 15) is 4.79 Å². The number of carbonyl (C=O) groups excluding carboxylic acids is 1. The summed E-state index contributed by atoms with van der Waals surface area (Å²) in [5.41, 5.74) is 0. The van der Waals surface area contributed by atoms with Crippen LogP contribution in [0.5, 0.6) is 0 Å². The summed E-state index contributed by atoms with van der Waals surface area (Å²) >= 11 is 3.90. The number of nitrogens with zero attached hydrogens (tertiary/aromatic N) is 1. The van der Waals surface area contributed by atoms with Crippen molar-refractivity contribution in [3.63, 3.8) is 0 Å². The van der Waals surface area contributed by atoms with E-state index in [0.717, 1.165) is 12.6 Å². The summed E-state index contributed by atoms with van der Waals surface area (Å²) in [5.74, 6) is 0.291. The van der Waals surface area contributed by atoms with Gasteiger partial charge >= 0.3 is 0 Å². The van der Waals surface area contributed by atoms with Gasteiger partial charge in [0.05, 0.1) is 5.75 Å². The van der Waals surface area contributed by atoms with Crippen molar-refractivity contribution >= 4 is 18.5 Å². The number of nitrogens with one attached hydrogen (secondary N) is 1. The molecule has 0 bridgehead atoms. The van der Waals surface area contributed by atoms with Gasteiger partial charge in [-0.05, 0) is 26.8 Å². The molecule has 1 rings (SSSR count). The van der Waals surface area contributed by atoms with Crippen LogP contribution in [0.4, 0.5) is 0 Å². The van der Waals surface area contributed by atoms with Crippen molar-refractivity contribution in [3.8, 4) is 0 Å². The summed E-state index contributed by atoms with van der Waals surface area (Å²) in [6.45, 7) is 2.86. The highest BCUT2D eigenvalue weighted by Crippen LogP contribution is 2.26. The van der Waals surface area contributed by atoms with Crippen molar-refractivity contribution in [1.82, 2.24) is 10.2 Å². The Balaban J connectivity index is 2.15. The van der Waals surface area contributed by atoms with Crippen LogP contribution in [0.15, 0.2) is 0 Å². The molecule has 1 fully saturated rings. The molecule has 1 saturated carbocycles. The van der Waals surface area contributed by atoms with Crippen molar-refractivity contribution in [2.45, 2.75) is 31.8 Å². The van der Waals surface area contributed by atoms with E-state index < -0.39 is 0 Å². The minimum atomic E-state index is 0.0133. The first-order valence-electron chi connectivity index (χ1n) is 4.74. The fraction of sp³-hybridized carbons (Fsp3) is 0.889. The van der Waals surface area contributed by atoms with Gasteiger partial charge in [0.2, 0.25) is 5.91 Å². The van der Waals surface area contributed by atoms with Gasteiger partial charge in [-0.3, -0.25) is 9.69 Å². The number of hydrogen-bond acceptors (Lipinski definition) is 3. The summed E-state index contributed by atoms with van der Waals surface area (Å²) in [6.07, 6.45) is 2.61. The van der Waals surface area contributed by atoms with E-state index in [0.29, 0.717) is 6.04 Å². The lowest BCUT2D eigenvalue weighted by Crippen LogP contribution is -2.41. The molecule has 1 atom stereocenters. The van der Waals surface area contributed by atoms with Gasteiger partial charge in [0.1, 0.15) is 0 Å². The average molecular weight is 202 g/mol. The van der Waals surface area contributed by atoms with Crippen molar-refractivity contribution in [2.24, 2.45) is 0 Å². The van der Waals surface area contributed by atoms with E-state index in [4.69, 9.17) is 0 Å². The van der Waals surface area contributed by atoms with Crippen LogP contribution in [0.3, 0.4) is 0 Å². The minimum absolute atomic E-state index is 0.0133. The van der Waals surface area contributed by atoms with Crippen LogP contribution in [0.25, 0.3) is 0 Å². The third kappa shape index (κ3) is 3.56. The van der Waals surface area contributed by atoms with Gasteiger partial charge in [0.15, 0.2) is 0 Å². The molecular weight excluding hydrogens is 184 g/mol. The lowest BCUT2D eigenvalue weighted by atomic mass is 10.3. The molecule has 1 amide bonds. The predicted molar refractivity (Wildman–Crippen MR) is 57.1 cm³/mol. The van der Waals surface area contributed by atoms with Crippen molar-refractivity contribution in [1.29, 1.82) is 0 Å². The molecule has 1 aliphatic carbocycles. The number of carbonyl (C=O) groups is 1. The maximum absolute atomic E-state index is 10.9. The average Bonchev–Trinajstić information content (AvgIpc) is 2.95. The van der Waals surface area contributed by atoms with Gasteiger partial charge < -0.3 is 5.32 Å². The molecule has 0 saturated heterocycles. The van der Waals surface area contributed by atoms with E-state index in [1.54, 1.807) is 0 Å². The van der Waals surface area contributed by atoms with Gasteiger partial charge in [-0.2, -0.15) is 12.6 Å². The van der Waals surface area contributed by atoms with Gasteiger partial charge in [-0.15, -0.1) is 0 Å². The third-order valence-corrected chi connectivity index (χ3v) is 2.84. The SMILES string of the molecule is CC(CNC(=O)CS)N(C)C1CC1. The third-order valence-electron chi connectivity index (χ3n) is 2.56. The second kappa shape index (κ2) is 4.86. The highest BCUT2D eigenvalue weighted by atomic mass is 32.1. The van der Waals surface area contributed by atoms with Gasteiger partial charge in [0.25, 0.3) is 0 Å². The number of likely N-dealkylation sites (N-methyl/N-ethyl adjacent to an activating group) is 1. The largest absolute Gasteiger partial charge is 0.354 e. The summed E-state index contributed by atoms with van der Waals surface area (Å²) in [7, 11) is 2.12. The first-order valence-corrected chi connectivity index (χ1v) is 5.38. The molecule has 0 heterocycles. The Bertz CT molecular complexity index is 182. The van der Waals surface area contributed by atoms with Gasteiger partial charge in [-0.1, -0.05) is 0 Å². The van der Waals surface area contributed by atoms with Crippen LogP contribution in [0.1, 0.15) is 19.8 Å². The summed E-state index contributed by atoms with van der Waals surface area (Å²) in [5, 5.41) is 2.84. The van der Waals surface area contributed by atoms with Crippen molar-refractivity contribution in [3.05, 3.63) is 0 Å². The zero-order valence-corrected chi connectivity index (χ0v) is 9.18. The smallest absolute Gasteiger partial charge is 0.229 e. The molecule has 0 aliphatic heterocycles. The quantitative estimate of drug-likeness (QED) is 0.637. The molecule has 4 heteroatoms. The summed E-state index contributed by atoms with van der Waals surface area (Å²) in [6, 6.07) is 1.18. The second-order valence-electron chi connectivity index (χ2n) is 3.71. The number of thiol groups is 1. The lowest BCUT2D eigenvalue weighted by Gasteiger charge is -2.24. The Kier molecular flexibility index (Phi) is 4.06. The topological polar surface area (TPSA) is 32.3 Å². The highest BCUT2D eigenvalue weighted by Gasteiger charge is 2.28. The Morgan fingerprint density at radius 2 is 2.31 bits per heavy atom. The molecule has 0 spiro atoms. The lowest BCUT2D eigenvalue weighted by molar-refractivity contribution is -0.118. The van der Waals surface area contributed by atoms with Crippen LogP contribution < -0.4 is 5.32 Å². The molecule has 0 aromatic rings. The molecular formula is C9H18N2OS. The molecule has 1 N–H and O–H groups in total. The first kappa shape index (κ1) is 10.9. The predicted octanol–water partition coefficient (Wildman–Crippen LogP) is 0.515. The van der Waals surface area contributed by atoms with Crippen LogP contribution in [0.2, 0.25) is 0 Å². The number of amides is 1. The fourth-order valence-electron chi connectivity index (χ4n) is 1.30. The molecule has 3 nitrogen and oxygen atoms in total. The fourth-order valence-corrected chi connectivity index (χ4v) is 1.41. The van der Waals surface area contributed by atoms with Crippen LogP contribution in [-0.2, 0) is 4.79 Å². The Morgan fingerprint density at radius 1 is 1.69 bits per heavy atom. The Hall–Kier alpha value is -0.220. The van der Waals surface area contributed by atoms with E-state index in [1.165, 1.54) is 12.8 Å². The Morgan fingerprint density at radius 3 is 2.77 bits per heavy atom. The van der Waals surface area contributed by atoms with E-state index >= 15 is 0 Å². The molecule has 13 heavy (non-hydrogen) atoms. The normalized spacial score (nSPS) is 18.8. The highest BCUT2D eigenvalue weighted by molar-refractivity contribution is 7.81. The minimum Gasteiger partial charge on any atom is -0.354 e. The molecule has 0 radical (unpaired) electrons. The Labute approximate surface area is 85.3 Å². The van der Waals surface area contributed by atoms with Crippen LogP contribution in [0, 0.1) is 0 Å². The standard InChI is InChI=1S/C9H18N2OS/c1-7(5-10-9(12)6-13)11(2)8-3-4-8/h7-8,13H,3-6H2,1-2H3,(H,10,12). The number of rotatable bonds is 5. The van der Waals surface area contributed by atoms with Crippen LogP contribution >= 0.6 is 12.6 Å². The molecule has 0 aromatic carbocycles. The first-order chi connectivity index (χ1) is 6.15. The van der Waals surface area contributed by atoms with Gasteiger partial charge in [-0.25, -0.2) is 0 Å². The monoisotopic (exact) mass is 202 g/mol. The maximum Gasteiger partial charge on any atom is 0.229 e. The van der Waals surface area contributed by atoms with Crippen molar-refractivity contribution in [2.75, 3.05) is 19.3 Å². The second-order valence-corrected chi connectivity index (χ2v) is 4.02. The van der Waals surface area contributed by atoms with E-state index in [1.807, 2.05) is 0 Å². The zero-order chi connectivity index (χ0) is 9.84. The van der Waals surface area contributed by atoms with Crippen LogP contribution in [-0.4, -0.2) is 42.2 Å². The molecule has 0 aromatic heterocycles. The molecule has 1 unspecified atom stereocenters. The number of hydrogen-bond donors (Lipinski definition) is 2.